The van der Waals surface area contributed by atoms with Crippen molar-refractivity contribution in [2.75, 3.05) is 7.05 Å². The van der Waals surface area contributed by atoms with Crippen LogP contribution >= 0.6 is 0 Å². The van der Waals surface area contributed by atoms with Gasteiger partial charge in [0.25, 0.3) is 5.69 Å². The summed E-state index contributed by atoms with van der Waals surface area (Å²) in [5, 5.41) is 10.8. The van der Waals surface area contributed by atoms with Crippen LogP contribution in [0.5, 0.6) is 0 Å². The summed E-state index contributed by atoms with van der Waals surface area (Å²) in [6, 6.07) is 5.07. The Hall–Kier alpha value is -1.71. The van der Waals surface area contributed by atoms with Gasteiger partial charge in [-0.25, -0.2) is 4.58 Å². The molecule has 0 bridgehead atoms. The second-order valence-electron chi connectivity index (χ2n) is 4.73. The molecule has 2 rings (SSSR count). The van der Waals surface area contributed by atoms with E-state index in [0.717, 1.165) is 11.3 Å². The third kappa shape index (κ3) is 1.26. The Kier molecular flexibility index (Phi) is 2.12. The molecule has 0 saturated heterocycles. The smallest absolute Gasteiger partial charge is 0.258 e. The van der Waals surface area contributed by atoms with Crippen LogP contribution in [0.25, 0.3) is 0 Å². The molecule has 0 aromatic heterocycles. The van der Waals surface area contributed by atoms with Crippen molar-refractivity contribution in [2.24, 2.45) is 0 Å². The fourth-order valence-electron chi connectivity index (χ4n) is 2.23. The van der Waals surface area contributed by atoms with E-state index in [1.807, 2.05) is 13.1 Å². The lowest BCUT2D eigenvalue weighted by atomic mass is 9.82. The molecule has 0 unspecified atom stereocenters. The van der Waals surface area contributed by atoms with Gasteiger partial charge in [0.05, 0.1) is 10.3 Å². The Morgan fingerprint density at radius 1 is 1.38 bits per heavy atom. The van der Waals surface area contributed by atoms with Crippen LogP contribution in [0.4, 0.5) is 11.4 Å². The summed E-state index contributed by atoms with van der Waals surface area (Å²) in [4.78, 5) is 10.4. The van der Waals surface area contributed by atoms with Crippen molar-refractivity contribution in [1.29, 1.82) is 0 Å². The highest BCUT2D eigenvalue weighted by Gasteiger charge is 2.42. The van der Waals surface area contributed by atoms with E-state index in [9.17, 15) is 10.1 Å². The van der Waals surface area contributed by atoms with E-state index in [1.54, 1.807) is 12.1 Å². The van der Waals surface area contributed by atoms with Gasteiger partial charge in [0.1, 0.15) is 7.05 Å². The molecule has 1 heterocycles. The molecule has 16 heavy (non-hydrogen) atoms. The lowest BCUT2D eigenvalue weighted by molar-refractivity contribution is -0.403. The lowest BCUT2D eigenvalue weighted by Gasteiger charge is -2.14. The number of non-ortho nitro benzene ring substituents is 1. The number of nitrogens with zero attached hydrogens (tertiary/aromatic N) is 2. The molecule has 0 radical (unpaired) electrons. The van der Waals surface area contributed by atoms with Gasteiger partial charge in [-0.2, -0.15) is 0 Å². The molecule has 0 aliphatic carbocycles. The van der Waals surface area contributed by atoms with Crippen LogP contribution in [0.3, 0.4) is 0 Å². The van der Waals surface area contributed by atoms with Gasteiger partial charge in [-0.15, -0.1) is 0 Å². The highest BCUT2D eigenvalue weighted by molar-refractivity contribution is 5.93. The SMILES string of the molecule is CC1=[N+](C)c2ccc([N+](=O)[O-])cc2C1(C)C. The van der Waals surface area contributed by atoms with E-state index in [4.69, 9.17) is 0 Å². The monoisotopic (exact) mass is 219 g/mol. The summed E-state index contributed by atoms with van der Waals surface area (Å²) in [6.07, 6.45) is 0. The van der Waals surface area contributed by atoms with Gasteiger partial charge in [-0.05, 0) is 13.8 Å². The molecule has 84 valence electrons. The average molecular weight is 219 g/mol. The van der Waals surface area contributed by atoms with Crippen molar-refractivity contribution in [3.05, 3.63) is 33.9 Å². The van der Waals surface area contributed by atoms with E-state index in [-0.39, 0.29) is 16.0 Å². The Morgan fingerprint density at radius 3 is 2.56 bits per heavy atom. The van der Waals surface area contributed by atoms with E-state index in [1.165, 1.54) is 5.71 Å². The van der Waals surface area contributed by atoms with E-state index in [2.05, 4.69) is 25.3 Å². The van der Waals surface area contributed by atoms with E-state index < -0.39 is 0 Å². The molecule has 0 fully saturated rings. The number of fused-ring (bicyclic) bond motifs is 1. The number of nitro groups is 1. The van der Waals surface area contributed by atoms with Crippen LogP contribution in [0.15, 0.2) is 18.2 Å². The molecule has 4 nitrogen and oxygen atoms in total. The molecule has 0 spiro atoms. The first-order valence-corrected chi connectivity index (χ1v) is 5.22. The van der Waals surface area contributed by atoms with Crippen molar-refractivity contribution in [3.63, 3.8) is 0 Å². The molecule has 1 aromatic rings. The number of rotatable bonds is 1. The van der Waals surface area contributed by atoms with Gasteiger partial charge < -0.3 is 0 Å². The summed E-state index contributed by atoms with van der Waals surface area (Å²) >= 11 is 0. The van der Waals surface area contributed by atoms with Gasteiger partial charge in [0.2, 0.25) is 5.69 Å². The predicted octanol–water partition coefficient (Wildman–Crippen LogP) is 2.62. The van der Waals surface area contributed by atoms with Crippen LogP contribution in [-0.4, -0.2) is 22.3 Å². The number of benzene rings is 1. The number of hydrogen-bond acceptors (Lipinski definition) is 2. The molecule has 4 heteroatoms. The van der Waals surface area contributed by atoms with Crippen molar-refractivity contribution >= 4 is 17.1 Å². The summed E-state index contributed by atoms with van der Waals surface area (Å²) in [6.45, 7) is 6.24. The molecule has 1 aromatic carbocycles. The lowest BCUT2D eigenvalue weighted by Crippen LogP contribution is -2.25. The third-order valence-electron chi connectivity index (χ3n) is 3.63. The fourth-order valence-corrected chi connectivity index (χ4v) is 2.23. The first-order valence-electron chi connectivity index (χ1n) is 5.22. The molecule has 0 amide bonds. The van der Waals surface area contributed by atoms with Gasteiger partial charge in [0.15, 0.2) is 5.71 Å². The zero-order chi connectivity index (χ0) is 12.1. The van der Waals surface area contributed by atoms with Gasteiger partial charge in [-0.3, -0.25) is 10.1 Å². The average Bonchev–Trinajstić information content (AvgIpc) is 2.40. The molecule has 1 aliphatic rings. The van der Waals surface area contributed by atoms with Gasteiger partial charge in [0, 0.05) is 30.7 Å². The second-order valence-corrected chi connectivity index (χ2v) is 4.73. The maximum atomic E-state index is 10.8. The number of hydrogen-bond donors (Lipinski definition) is 0. The normalized spacial score (nSPS) is 17.5. The van der Waals surface area contributed by atoms with E-state index >= 15 is 0 Å². The minimum Gasteiger partial charge on any atom is -0.258 e. The van der Waals surface area contributed by atoms with Crippen molar-refractivity contribution < 1.29 is 9.50 Å². The first-order chi connectivity index (χ1) is 7.35. The molecule has 0 atom stereocenters. The topological polar surface area (TPSA) is 46.1 Å². The standard InChI is InChI=1S/C12H15N2O2/c1-8-12(2,3)10-7-9(14(15)16)5-6-11(10)13(8)4/h5-7H,1-4H3/q+1. The van der Waals surface area contributed by atoms with Gasteiger partial charge in [-0.1, -0.05) is 0 Å². The molecular formula is C12H15N2O2+. The van der Waals surface area contributed by atoms with Crippen LogP contribution in [-0.2, 0) is 5.41 Å². The molecular weight excluding hydrogens is 204 g/mol. The van der Waals surface area contributed by atoms with Crippen molar-refractivity contribution in [1.82, 2.24) is 0 Å². The molecule has 0 saturated carbocycles. The van der Waals surface area contributed by atoms with Crippen LogP contribution < -0.4 is 0 Å². The predicted molar refractivity (Wildman–Crippen MR) is 62.6 cm³/mol. The second kappa shape index (κ2) is 3.14. The summed E-state index contributed by atoms with van der Waals surface area (Å²) in [5.41, 5.74) is 3.34. The maximum Gasteiger partial charge on any atom is 0.270 e. The van der Waals surface area contributed by atoms with Crippen LogP contribution in [0.1, 0.15) is 26.3 Å². The Morgan fingerprint density at radius 2 is 2.00 bits per heavy atom. The number of nitro benzene ring substituents is 1. The van der Waals surface area contributed by atoms with Crippen LogP contribution in [0.2, 0.25) is 0 Å². The Balaban J connectivity index is 2.67. The fraction of sp³-hybridized carbons (Fsp3) is 0.417. The summed E-state index contributed by atoms with van der Waals surface area (Å²) in [7, 11) is 1.99. The zero-order valence-electron chi connectivity index (χ0n) is 9.94. The Bertz CT molecular complexity index is 516. The minimum absolute atomic E-state index is 0.129. The highest BCUT2D eigenvalue weighted by Crippen LogP contribution is 2.40. The van der Waals surface area contributed by atoms with Crippen molar-refractivity contribution in [3.8, 4) is 0 Å². The highest BCUT2D eigenvalue weighted by atomic mass is 16.6. The largest absolute Gasteiger partial charge is 0.270 e. The molecule has 0 N–H and O–H groups in total. The van der Waals surface area contributed by atoms with Crippen LogP contribution in [0, 0.1) is 10.1 Å². The van der Waals surface area contributed by atoms with E-state index in [0.29, 0.717) is 0 Å². The van der Waals surface area contributed by atoms with Crippen molar-refractivity contribution in [2.45, 2.75) is 26.2 Å². The molecule has 1 aliphatic heterocycles. The maximum absolute atomic E-state index is 10.8. The minimum atomic E-state index is -0.343. The summed E-state index contributed by atoms with van der Waals surface area (Å²) < 4.78 is 2.10. The zero-order valence-corrected chi connectivity index (χ0v) is 9.94. The Labute approximate surface area is 94.4 Å². The van der Waals surface area contributed by atoms with Gasteiger partial charge >= 0.3 is 0 Å². The summed E-state index contributed by atoms with van der Waals surface area (Å²) in [5.74, 6) is 0. The third-order valence-corrected chi connectivity index (χ3v) is 3.63. The first kappa shape index (κ1) is 10.8. The quantitative estimate of drug-likeness (QED) is 0.414.